The predicted molar refractivity (Wildman–Crippen MR) is 477 cm³/mol. The van der Waals surface area contributed by atoms with Crippen molar-refractivity contribution >= 4 is 88.3 Å². The highest BCUT2D eigenvalue weighted by Crippen LogP contribution is 2.44. The lowest BCUT2D eigenvalue weighted by Crippen LogP contribution is -2.31. The summed E-state index contributed by atoms with van der Waals surface area (Å²) in [5.41, 5.74) is 22.8. The molecule has 16 aromatic rings. The second-order valence-electron chi connectivity index (χ2n) is 34.6. The molecule has 0 spiro atoms. The van der Waals surface area contributed by atoms with Gasteiger partial charge in [0.25, 0.3) is 0 Å². The number of furan rings is 4. The van der Waals surface area contributed by atoms with Gasteiger partial charge in [-0.05, 0) is 184 Å². The van der Waals surface area contributed by atoms with Crippen LogP contribution in [0, 0.1) is 33.1 Å². The van der Waals surface area contributed by atoms with Gasteiger partial charge in [-0.1, -0.05) is 177 Å². The number of hydrogen-bond donors (Lipinski definition) is 0. The number of aromatic nitrogens is 8. The molecule has 2 aliphatic carbocycles. The minimum absolute atomic E-state index is 0.00890. The van der Waals surface area contributed by atoms with E-state index in [0.29, 0.717) is 89.0 Å². The molecular weight excluding hydrogens is 1430 g/mol. The maximum atomic E-state index is 9.01. The van der Waals surface area contributed by atoms with Crippen molar-refractivity contribution in [3.63, 3.8) is 0 Å². The van der Waals surface area contributed by atoms with E-state index in [1.165, 1.54) is 34.7 Å². The molecular formula is C104H120N8O4+4. The molecule has 12 heterocycles. The van der Waals surface area contributed by atoms with Crippen molar-refractivity contribution in [2.45, 2.75) is 229 Å². The monoisotopic (exact) mass is 1560 g/mol. The minimum Gasteiger partial charge on any atom is -0.437 e. The predicted octanol–water partition coefficient (Wildman–Crippen LogP) is 26.2. The normalized spacial score (nSPS) is 18.6. The van der Waals surface area contributed by atoms with E-state index in [-0.39, 0.29) is 30.4 Å². The summed E-state index contributed by atoms with van der Waals surface area (Å²) in [6.45, 7) is 28.2. The van der Waals surface area contributed by atoms with Crippen LogP contribution in [-0.2, 0) is 40.0 Å². The Labute approximate surface area is 705 Å². The molecule has 596 valence electrons. The molecule has 0 N–H and O–H groups in total. The van der Waals surface area contributed by atoms with Crippen molar-refractivity contribution < 1.29 is 55.1 Å². The molecule has 0 aliphatic heterocycles. The fourth-order valence-electron chi connectivity index (χ4n) is 16.3. The van der Waals surface area contributed by atoms with E-state index in [2.05, 4.69) is 259 Å². The third-order valence-electron chi connectivity index (χ3n) is 23.0. The Morgan fingerprint density at radius 1 is 0.371 bits per heavy atom. The van der Waals surface area contributed by atoms with Crippen molar-refractivity contribution in [1.29, 1.82) is 0 Å². The lowest BCUT2D eigenvalue weighted by atomic mass is 9.86. The summed E-state index contributed by atoms with van der Waals surface area (Å²) in [6, 6.07) is 48.8. The number of fused-ring (bicyclic) bond motifs is 12. The molecule has 2 fully saturated rings. The van der Waals surface area contributed by atoms with Crippen LogP contribution in [0.3, 0.4) is 0 Å². The van der Waals surface area contributed by atoms with Gasteiger partial charge in [-0.25, -0.2) is 38.2 Å². The summed E-state index contributed by atoms with van der Waals surface area (Å²) >= 11 is 0. The number of hydrogen-bond acceptors (Lipinski definition) is 8. The van der Waals surface area contributed by atoms with Gasteiger partial charge in [0, 0.05) is 149 Å². The first-order valence-electron chi connectivity index (χ1n) is 48.1. The van der Waals surface area contributed by atoms with Gasteiger partial charge in [-0.15, -0.1) is 0 Å². The number of benzene rings is 4. The Bertz CT molecular complexity index is 7080. The van der Waals surface area contributed by atoms with Crippen molar-refractivity contribution in [2.24, 2.45) is 33.6 Å². The van der Waals surface area contributed by atoms with Gasteiger partial charge < -0.3 is 17.7 Å². The molecule has 2 aliphatic rings. The highest BCUT2D eigenvalue weighted by molar-refractivity contribution is 6.12. The van der Waals surface area contributed by atoms with E-state index in [9.17, 15) is 0 Å². The number of aryl methyl sites for hydroxylation is 8. The lowest BCUT2D eigenvalue weighted by molar-refractivity contribution is -0.661. The van der Waals surface area contributed by atoms with Gasteiger partial charge in [-0.3, -0.25) is 0 Å². The molecule has 0 bridgehead atoms. The van der Waals surface area contributed by atoms with Crippen LogP contribution in [-0.4, -0.2) is 19.9 Å². The Kier molecular flexibility index (Phi) is 18.0. The molecule has 116 heavy (non-hydrogen) atoms. The quantitative estimate of drug-likeness (QED) is 0.117. The number of pyridine rings is 8. The fraction of sp³-hybridized carbons (Fsp3) is 0.385. The summed E-state index contributed by atoms with van der Waals surface area (Å²) < 4.78 is 150. The third kappa shape index (κ3) is 16.1. The largest absolute Gasteiger partial charge is 0.437 e. The average molecular weight is 1560 g/mol. The van der Waals surface area contributed by atoms with Gasteiger partial charge in [0.15, 0.2) is 47.1 Å². The van der Waals surface area contributed by atoms with Crippen LogP contribution in [0.15, 0.2) is 188 Å². The van der Waals surface area contributed by atoms with Crippen molar-refractivity contribution in [2.75, 3.05) is 0 Å². The van der Waals surface area contributed by atoms with E-state index < -0.39 is 50.0 Å². The van der Waals surface area contributed by atoms with E-state index in [0.717, 1.165) is 127 Å². The van der Waals surface area contributed by atoms with E-state index >= 15 is 0 Å². The van der Waals surface area contributed by atoms with Gasteiger partial charge in [0.2, 0.25) is 45.6 Å². The molecule has 0 amide bonds. The van der Waals surface area contributed by atoms with Crippen LogP contribution in [0.5, 0.6) is 0 Å². The zero-order valence-electron chi connectivity index (χ0n) is 85.1. The van der Waals surface area contributed by atoms with Gasteiger partial charge in [0.05, 0.1) is 22.3 Å². The van der Waals surface area contributed by atoms with Crippen LogP contribution in [0.25, 0.3) is 133 Å². The second kappa shape index (κ2) is 32.4. The summed E-state index contributed by atoms with van der Waals surface area (Å²) in [7, 11) is 8.21. The first kappa shape index (κ1) is 64.4. The lowest BCUT2D eigenvalue weighted by Gasteiger charge is -2.20. The maximum Gasteiger partial charge on any atom is 0.227 e. The van der Waals surface area contributed by atoms with Gasteiger partial charge in [0.1, 0.15) is 28.2 Å². The zero-order valence-corrected chi connectivity index (χ0v) is 71.1. The summed E-state index contributed by atoms with van der Waals surface area (Å²) in [5, 5.41) is 7.45. The molecule has 1 atom stereocenters. The SMILES string of the molecule is Cc1ccc2c(oc3nc(C(C)(C)C)ccc32)c1-c1ccc(C(C)C)c[n+]1C.[2H]C([2H])([2H])C(C)(Cc1ccc2c(n1)oc1c(-c3ccc(C(C)C)c[n+]3C)c(C)ccc12)C([2H])([2H])[2H].[2H]C1([2H])CCCC([2H])([2H])C1([2H])c1ccc2c(n1)oc1c(-c3ccc(C(C)C)c[n+]3C)c(C)ccc12.[2H]C1([2H])CCCC1([2H])c1ccc2c(n1)oc1c(-c3ccc(C(C)C)c[n+]3C)c(C)ccc12. The molecule has 18 rings (SSSR count). The standard InChI is InChI=1S/C27H31N2O.C26H29N2O.C26H31N2O.C25H29N2O/c1-17(2)20-11-15-24(29(4)16-20)25-18(3)10-12-21-22-13-14-23(19-8-6-5-7-9-19)28-27(22)30-26(21)25;1-16(2)19-10-14-23(28(4)15-19)24-17(3)9-11-20-21-12-13-22(18-7-5-6-8-18)27-26(21)29-25(20)24;1-16(2)18-9-13-22(28(7)15-18)23-17(3)8-11-20-21-12-10-19(14-26(4,5)6)27-25(21)29-24(20)23;1-15(2)17-9-12-20(27(7)14-17)22-16(3)8-10-18-19-11-13-21(25(4,5)6)26-24(19)28-23(18)22/h10-17,19H,5-9H2,1-4H3;9-16,18H,5-8H2,1-4H3;8-13,15-16H,14H2,1-7H3;8-15H,1-7H3/q4*+1/i8D2,9D2,19D;7D2,18D;4D3,5D3;. The van der Waals surface area contributed by atoms with Crippen molar-refractivity contribution in [3.8, 4) is 45.0 Å². The maximum absolute atomic E-state index is 9.01. The topological polar surface area (TPSA) is 120 Å². The van der Waals surface area contributed by atoms with Crippen molar-refractivity contribution in [1.82, 2.24) is 19.9 Å². The minimum atomic E-state index is -2.68. The van der Waals surface area contributed by atoms with E-state index in [4.69, 9.17) is 41.8 Å². The van der Waals surface area contributed by atoms with Crippen LogP contribution in [0.2, 0.25) is 0 Å². The summed E-state index contributed by atoms with van der Waals surface area (Å²) in [4.78, 5) is 18.7. The molecule has 0 radical (unpaired) electrons. The first-order valence-corrected chi connectivity index (χ1v) is 41.1. The molecule has 0 saturated heterocycles. The zero-order chi connectivity index (χ0) is 94.3. The highest BCUT2D eigenvalue weighted by atomic mass is 16.4. The molecule has 12 nitrogen and oxygen atoms in total. The van der Waals surface area contributed by atoms with E-state index in [1.54, 1.807) is 18.2 Å². The third-order valence-corrected chi connectivity index (χ3v) is 23.0. The molecule has 12 aromatic heterocycles. The van der Waals surface area contributed by atoms with E-state index in [1.807, 2.05) is 58.3 Å². The summed E-state index contributed by atoms with van der Waals surface area (Å²) in [6.07, 6.45) is 4.97. The molecule has 4 aromatic carbocycles. The number of rotatable bonds is 11. The van der Waals surface area contributed by atoms with Crippen LogP contribution < -0.4 is 18.3 Å². The van der Waals surface area contributed by atoms with Crippen LogP contribution in [0.4, 0.5) is 0 Å². The Morgan fingerprint density at radius 2 is 0.681 bits per heavy atom. The second-order valence-corrected chi connectivity index (χ2v) is 34.6. The number of nitrogens with zero attached hydrogens (tertiary/aromatic N) is 8. The average Bonchev–Trinajstić information content (AvgIpc) is 1.06. The van der Waals surface area contributed by atoms with Crippen molar-refractivity contribution in [3.05, 3.63) is 238 Å². The Hall–Kier alpha value is -10.7. The van der Waals surface area contributed by atoms with Gasteiger partial charge in [-0.2, -0.15) is 0 Å². The van der Waals surface area contributed by atoms with Crippen LogP contribution in [0.1, 0.15) is 276 Å². The molecule has 2 saturated carbocycles. The fourth-order valence-corrected chi connectivity index (χ4v) is 16.3. The molecule has 1 unspecified atom stereocenters. The first-order chi connectivity index (χ1) is 60.8. The Morgan fingerprint density at radius 3 is 1.01 bits per heavy atom. The van der Waals surface area contributed by atoms with Gasteiger partial charge >= 0.3 is 0 Å². The summed E-state index contributed by atoms with van der Waals surface area (Å²) in [5.74, 6) is -1.67. The highest BCUT2D eigenvalue weighted by Gasteiger charge is 2.30. The molecule has 12 heteroatoms. The van der Waals surface area contributed by atoms with Crippen LogP contribution >= 0.6 is 0 Å². The smallest absolute Gasteiger partial charge is 0.227 e. The Balaban J connectivity index is 0.000000133.